The van der Waals surface area contributed by atoms with Gasteiger partial charge in [0.1, 0.15) is 0 Å². The highest BCUT2D eigenvalue weighted by Gasteiger charge is 2.50. The van der Waals surface area contributed by atoms with Gasteiger partial charge in [0.05, 0.1) is 5.41 Å². The van der Waals surface area contributed by atoms with E-state index < -0.39 is 11.4 Å². The molecule has 110 valence electrons. The van der Waals surface area contributed by atoms with Crippen LogP contribution in [-0.2, 0) is 4.79 Å². The number of hydrogen-bond donors (Lipinski definition) is 1. The van der Waals surface area contributed by atoms with E-state index in [-0.39, 0.29) is 0 Å². The summed E-state index contributed by atoms with van der Waals surface area (Å²) in [5.74, 6) is 1.85. The highest BCUT2D eigenvalue weighted by atomic mass is 16.4. The number of carbonyl (C=O) groups is 1. The molecule has 0 aliphatic heterocycles. The molecule has 0 amide bonds. The van der Waals surface area contributed by atoms with Crippen molar-refractivity contribution in [2.75, 3.05) is 0 Å². The first-order valence-corrected chi connectivity index (χ1v) is 8.21. The zero-order chi connectivity index (χ0) is 14.0. The molecular formula is C17H30O2. The van der Waals surface area contributed by atoms with Crippen LogP contribution in [-0.4, -0.2) is 11.1 Å². The zero-order valence-electron chi connectivity index (χ0n) is 12.8. The maximum atomic E-state index is 12.1. The van der Waals surface area contributed by atoms with Gasteiger partial charge in [-0.15, -0.1) is 0 Å². The first kappa shape index (κ1) is 14.9. The third-order valence-corrected chi connectivity index (χ3v) is 5.90. The van der Waals surface area contributed by atoms with Crippen molar-refractivity contribution >= 4 is 5.97 Å². The molecule has 0 heterocycles. The summed E-state index contributed by atoms with van der Waals surface area (Å²) in [5.41, 5.74) is -0.401. The standard InChI is InChI=1S/C17H30O2/c1-12(2)14-8-7-13(3)11-15(14)17(16(18)19)9-5-4-6-10-17/h12-15H,4-11H2,1-3H3,(H,18,19). The normalized spacial score (nSPS) is 35.3. The number of carboxylic acid groups (broad SMARTS) is 1. The minimum absolute atomic E-state index is 0.401. The average Bonchev–Trinajstić information content (AvgIpc) is 2.38. The molecule has 1 N–H and O–H groups in total. The summed E-state index contributed by atoms with van der Waals surface area (Å²) in [4.78, 5) is 12.1. The molecule has 0 saturated heterocycles. The summed E-state index contributed by atoms with van der Waals surface area (Å²) in [7, 11) is 0. The number of hydrogen-bond acceptors (Lipinski definition) is 1. The van der Waals surface area contributed by atoms with Gasteiger partial charge in [0.2, 0.25) is 0 Å². The molecule has 0 bridgehead atoms. The first-order chi connectivity index (χ1) is 8.97. The Bertz CT molecular complexity index is 315. The molecule has 0 spiro atoms. The van der Waals surface area contributed by atoms with E-state index in [2.05, 4.69) is 20.8 Å². The van der Waals surface area contributed by atoms with Crippen LogP contribution in [0, 0.1) is 29.1 Å². The summed E-state index contributed by atoms with van der Waals surface area (Å²) < 4.78 is 0. The van der Waals surface area contributed by atoms with E-state index in [0.717, 1.165) is 32.1 Å². The van der Waals surface area contributed by atoms with Crippen LogP contribution in [0.2, 0.25) is 0 Å². The highest BCUT2D eigenvalue weighted by Crippen LogP contribution is 2.53. The van der Waals surface area contributed by atoms with E-state index in [4.69, 9.17) is 0 Å². The van der Waals surface area contributed by atoms with E-state index in [1.807, 2.05) is 0 Å². The molecular weight excluding hydrogens is 236 g/mol. The SMILES string of the molecule is CC1CCC(C(C)C)C(C2(C(=O)O)CCCCC2)C1. The number of rotatable bonds is 3. The summed E-state index contributed by atoms with van der Waals surface area (Å²) in [6.07, 6.45) is 8.95. The summed E-state index contributed by atoms with van der Waals surface area (Å²) >= 11 is 0. The highest BCUT2D eigenvalue weighted by molar-refractivity contribution is 5.75. The lowest BCUT2D eigenvalue weighted by atomic mass is 9.55. The van der Waals surface area contributed by atoms with Crippen molar-refractivity contribution in [3.63, 3.8) is 0 Å². The van der Waals surface area contributed by atoms with Crippen LogP contribution in [0.1, 0.15) is 72.1 Å². The average molecular weight is 266 g/mol. The van der Waals surface area contributed by atoms with Gasteiger partial charge >= 0.3 is 5.97 Å². The predicted octanol–water partition coefficient (Wildman–Crippen LogP) is 4.73. The van der Waals surface area contributed by atoms with Crippen LogP contribution >= 0.6 is 0 Å². The molecule has 2 saturated carbocycles. The smallest absolute Gasteiger partial charge is 0.309 e. The van der Waals surface area contributed by atoms with Crippen molar-refractivity contribution in [3.05, 3.63) is 0 Å². The topological polar surface area (TPSA) is 37.3 Å². The molecule has 19 heavy (non-hydrogen) atoms. The Balaban J connectivity index is 2.28. The third kappa shape index (κ3) is 2.83. The second-order valence-electron chi connectivity index (χ2n) is 7.45. The van der Waals surface area contributed by atoms with Gasteiger partial charge in [-0.05, 0) is 49.4 Å². The fourth-order valence-electron chi connectivity index (χ4n) is 4.76. The van der Waals surface area contributed by atoms with Crippen LogP contribution in [0.25, 0.3) is 0 Å². The van der Waals surface area contributed by atoms with Crippen molar-refractivity contribution in [2.24, 2.45) is 29.1 Å². The minimum atomic E-state index is -0.503. The molecule has 2 heteroatoms. The van der Waals surface area contributed by atoms with Gasteiger partial charge in [-0.2, -0.15) is 0 Å². The van der Waals surface area contributed by atoms with Gasteiger partial charge in [0.15, 0.2) is 0 Å². The van der Waals surface area contributed by atoms with Gasteiger partial charge in [-0.25, -0.2) is 0 Å². The quantitative estimate of drug-likeness (QED) is 0.801. The number of aliphatic carboxylic acids is 1. The fourth-order valence-corrected chi connectivity index (χ4v) is 4.76. The summed E-state index contributed by atoms with van der Waals surface area (Å²) in [5, 5.41) is 9.93. The monoisotopic (exact) mass is 266 g/mol. The van der Waals surface area contributed by atoms with Crippen LogP contribution < -0.4 is 0 Å². The van der Waals surface area contributed by atoms with E-state index in [9.17, 15) is 9.90 Å². The Morgan fingerprint density at radius 1 is 1.16 bits per heavy atom. The molecule has 3 atom stereocenters. The first-order valence-electron chi connectivity index (χ1n) is 8.21. The largest absolute Gasteiger partial charge is 0.481 e. The Labute approximate surface area is 118 Å². The van der Waals surface area contributed by atoms with E-state index >= 15 is 0 Å². The van der Waals surface area contributed by atoms with Crippen molar-refractivity contribution < 1.29 is 9.90 Å². The fraction of sp³-hybridized carbons (Fsp3) is 0.941. The van der Waals surface area contributed by atoms with E-state index in [1.54, 1.807) is 0 Å². The Kier molecular flexibility index (Phi) is 4.58. The lowest BCUT2D eigenvalue weighted by Crippen LogP contribution is -2.47. The van der Waals surface area contributed by atoms with Crippen LogP contribution in [0.5, 0.6) is 0 Å². The van der Waals surface area contributed by atoms with E-state index in [1.165, 1.54) is 19.3 Å². The van der Waals surface area contributed by atoms with Crippen molar-refractivity contribution in [1.29, 1.82) is 0 Å². The summed E-state index contributed by atoms with van der Waals surface area (Å²) in [6, 6.07) is 0. The predicted molar refractivity (Wildman–Crippen MR) is 78.0 cm³/mol. The van der Waals surface area contributed by atoms with Gasteiger partial charge in [-0.1, -0.05) is 46.5 Å². The minimum Gasteiger partial charge on any atom is -0.481 e. The second kappa shape index (κ2) is 5.85. The molecule has 2 fully saturated rings. The molecule has 0 aromatic rings. The van der Waals surface area contributed by atoms with Crippen molar-refractivity contribution in [2.45, 2.75) is 72.1 Å². The maximum Gasteiger partial charge on any atom is 0.309 e. The van der Waals surface area contributed by atoms with Gasteiger partial charge in [0, 0.05) is 0 Å². The third-order valence-electron chi connectivity index (χ3n) is 5.90. The molecule has 2 nitrogen and oxygen atoms in total. The van der Waals surface area contributed by atoms with Crippen molar-refractivity contribution in [3.8, 4) is 0 Å². The van der Waals surface area contributed by atoms with Crippen LogP contribution in [0.4, 0.5) is 0 Å². The molecule has 0 radical (unpaired) electrons. The van der Waals surface area contributed by atoms with Gasteiger partial charge < -0.3 is 5.11 Å². The molecule has 0 aromatic carbocycles. The Morgan fingerprint density at radius 3 is 2.32 bits per heavy atom. The lowest BCUT2D eigenvalue weighted by Gasteiger charge is -2.48. The van der Waals surface area contributed by atoms with Crippen LogP contribution in [0.15, 0.2) is 0 Å². The van der Waals surface area contributed by atoms with E-state index in [0.29, 0.717) is 23.7 Å². The molecule has 0 aromatic heterocycles. The Morgan fingerprint density at radius 2 is 1.79 bits per heavy atom. The lowest BCUT2D eigenvalue weighted by molar-refractivity contribution is -0.160. The molecule has 2 rings (SSSR count). The summed E-state index contributed by atoms with van der Waals surface area (Å²) in [6.45, 7) is 6.87. The molecule has 2 aliphatic carbocycles. The molecule has 2 aliphatic rings. The van der Waals surface area contributed by atoms with Crippen LogP contribution in [0.3, 0.4) is 0 Å². The second-order valence-corrected chi connectivity index (χ2v) is 7.45. The number of carboxylic acids is 1. The zero-order valence-corrected chi connectivity index (χ0v) is 12.8. The van der Waals surface area contributed by atoms with Gasteiger partial charge in [-0.3, -0.25) is 4.79 Å². The molecule has 3 unspecified atom stereocenters. The maximum absolute atomic E-state index is 12.1. The van der Waals surface area contributed by atoms with Gasteiger partial charge in [0.25, 0.3) is 0 Å². The Hall–Kier alpha value is -0.530. The van der Waals surface area contributed by atoms with Crippen molar-refractivity contribution in [1.82, 2.24) is 0 Å².